The summed E-state index contributed by atoms with van der Waals surface area (Å²) in [4.78, 5) is 10.6. The van der Waals surface area contributed by atoms with Crippen molar-refractivity contribution >= 4 is 5.95 Å². The third-order valence-electron chi connectivity index (χ3n) is 1.61. The number of rotatable bonds is 4. The van der Waals surface area contributed by atoms with E-state index in [1.807, 2.05) is 20.2 Å². The second-order valence-electron chi connectivity index (χ2n) is 3.91. The zero-order valence-electron chi connectivity index (χ0n) is 9.28. The predicted molar refractivity (Wildman–Crippen MR) is 58.2 cm³/mol. The summed E-state index contributed by atoms with van der Waals surface area (Å²) in [7, 11) is 4.05. The SMILES string of the molecule is CC(C)Nc1nccc(CN(C)C)n1. The Hall–Kier alpha value is -1.16. The van der Waals surface area contributed by atoms with Crippen molar-refractivity contribution in [1.82, 2.24) is 14.9 Å². The van der Waals surface area contributed by atoms with Crippen molar-refractivity contribution in [2.45, 2.75) is 26.4 Å². The van der Waals surface area contributed by atoms with Crippen LogP contribution in [0.3, 0.4) is 0 Å². The molecule has 1 aromatic heterocycles. The van der Waals surface area contributed by atoms with Crippen LogP contribution in [0.5, 0.6) is 0 Å². The van der Waals surface area contributed by atoms with Gasteiger partial charge in [0.15, 0.2) is 0 Å². The van der Waals surface area contributed by atoms with Crippen molar-refractivity contribution in [3.8, 4) is 0 Å². The Bertz CT molecular complexity index is 258. The first kappa shape index (κ1) is 10.9. The van der Waals surface area contributed by atoms with Gasteiger partial charge in [-0.25, -0.2) is 9.97 Å². The minimum Gasteiger partial charge on any atom is -0.352 e. The molecule has 1 aromatic rings. The third kappa shape index (κ3) is 3.70. The zero-order chi connectivity index (χ0) is 10.6. The molecule has 0 radical (unpaired) electrons. The summed E-state index contributed by atoms with van der Waals surface area (Å²) in [5, 5.41) is 3.18. The van der Waals surface area contributed by atoms with Gasteiger partial charge < -0.3 is 10.2 Å². The van der Waals surface area contributed by atoms with Gasteiger partial charge in [0.25, 0.3) is 0 Å². The Morgan fingerprint density at radius 1 is 1.43 bits per heavy atom. The minimum absolute atomic E-state index is 0.365. The van der Waals surface area contributed by atoms with E-state index >= 15 is 0 Å². The van der Waals surface area contributed by atoms with Gasteiger partial charge in [0.1, 0.15) is 0 Å². The lowest BCUT2D eigenvalue weighted by Crippen LogP contribution is -2.15. The molecule has 4 heteroatoms. The molecule has 0 atom stereocenters. The summed E-state index contributed by atoms with van der Waals surface area (Å²) in [6, 6.07) is 2.30. The zero-order valence-corrected chi connectivity index (χ0v) is 9.28. The van der Waals surface area contributed by atoms with Crippen molar-refractivity contribution in [3.63, 3.8) is 0 Å². The van der Waals surface area contributed by atoms with Gasteiger partial charge in [0.05, 0.1) is 5.69 Å². The Balaban J connectivity index is 2.68. The fourth-order valence-electron chi connectivity index (χ4n) is 1.14. The van der Waals surface area contributed by atoms with Crippen molar-refractivity contribution in [2.24, 2.45) is 0 Å². The van der Waals surface area contributed by atoms with Gasteiger partial charge in [-0.3, -0.25) is 0 Å². The molecule has 0 bridgehead atoms. The smallest absolute Gasteiger partial charge is 0.223 e. The first-order valence-corrected chi connectivity index (χ1v) is 4.81. The molecule has 0 aromatic carbocycles. The number of nitrogens with zero attached hydrogens (tertiary/aromatic N) is 3. The second kappa shape index (κ2) is 4.91. The Morgan fingerprint density at radius 3 is 2.71 bits per heavy atom. The van der Waals surface area contributed by atoms with Crippen LogP contribution in [0.2, 0.25) is 0 Å². The molecule has 0 spiro atoms. The predicted octanol–water partition coefficient (Wildman–Crippen LogP) is 1.36. The highest BCUT2D eigenvalue weighted by Gasteiger charge is 2.01. The molecule has 4 nitrogen and oxygen atoms in total. The van der Waals surface area contributed by atoms with Crippen LogP contribution in [-0.4, -0.2) is 35.0 Å². The van der Waals surface area contributed by atoms with Crippen LogP contribution in [0.15, 0.2) is 12.3 Å². The molecule has 0 saturated carbocycles. The van der Waals surface area contributed by atoms with Crippen LogP contribution < -0.4 is 5.32 Å². The van der Waals surface area contributed by atoms with Crippen molar-refractivity contribution in [3.05, 3.63) is 18.0 Å². The lowest BCUT2D eigenvalue weighted by Gasteiger charge is -2.11. The molecule has 0 amide bonds. The fraction of sp³-hybridized carbons (Fsp3) is 0.600. The summed E-state index contributed by atoms with van der Waals surface area (Å²) in [6.07, 6.45) is 1.79. The summed E-state index contributed by atoms with van der Waals surface area (Å²) in [5.41, 5.74) is 1.04. The van der Waals surface area contributed by atoms with E-state index < -0.39 is 0 Å². The van der Waals surface area contributed by atoms with E-state index in [1.54, 1.807) is 6.20 Å². The second-order valence-corrected chi connectivity index (χ2v) is 3.91. The van der Waals surface area contributed by atoms with Gasteiger partial charge in [-0.05, 0) is 34.0 Å². The maximum Gasteiger partial charge on any atom is 0.223 e. The van der Waals surface area contributed by atoms with Crippen molar-refractivity contribution in [1.29, 1.82) is 0 Å². The Kier molecular flexibility index (Phi) is 3.83. The van der Waals surface area contributed by atoms with Crippen LogP contribution in [-0.2, 0) is 6.54 Å². The number of hydrogen-bond donors (Lipinski definition) is 1. The number of hydrogen-bond acceptors (Lipinski definition) is 4. The molecule has 0 aliphatic heterocycles. The molecule has 14 heavy (non-hydrogen) atoms. The summed E-state index contributed by atoms with van der Waals surface area (Å²) < 4.78 is 0. The Labute approximate surface area is 85.4 Å². The summed E-state index contributed by atoms with van der Waals surface area (Å²) >= 11 is 0. The lowest BCUT2D eigenvalue weighted by molar-refractivity contribution is 0.396. The van der Waals surface area contributed by atoms with Gasteiger partial charge in [0, 0.05) is 18.8 Å². The number of anilines is 1. The van der Waals surface area contributed by atoms with Gasteiger partial charge in [-0.15, -0.1) is 0 Å². The topological polar surface area (TPSA) is 41.1 Å². The molecular formula is C10H18N4. The van der Waals surface area contributed by atoms with E-state index in [2.05, 4.69) is 34.0 Å². The van der Waals surface area contributed by atoms with Gasteiger partial charge >= 0.3 is 0 Å². The first-order chi connectivity index (χ1) is 6.58. The highest BCUT2D eigenvalue weighted by molar-refractivity contribution is 5.25. The van der Waals surface area contributed by atoms with Gasteiger partial charge in [-0.2, -0.15) is 0 Å². The summed E-state index contributed by atoms with van der Waals surface area (Å²) in [6.45, 7) is 4.99. The van der Waals surface area contributed by atoms with E-state index in [4.69, 9.17) is 0 Å². The largest absolute Gasteiger partial charge is 0.352 e. The first-order valence-electron chi connectivity index (χ1n) is 4.81. The summed E-state index contributed by atoms with van der Waals surface area (Å²) in [5.74, 6) is 0.708. The van der Waals surface area contributed by atoms with Crippen molar-refractivity contribution in [2.75, 3.05) is 19.4 Å². The van der Waals surface area contributed by atoms with E-state index in [9.17, 15) is 0 Å². The average Bonchev–Trinajstić information content (AvgIpc) is 2.01. The van der Waals surface area contributed by atoms with Crippen molar-refractivity contribution < 1.29 is 0 Å². The average molecular weight is 194 g/mol. The fourth-order valence-corrected chi connectivity index (χ4v) is 1.14. The lowest BCUT2D eigenvalue weighted by atomic mass is 10.4. The normalized spacial score (nSPS) is 11.0. The van der Waals surface area contributed by atoms with Gasteiger partial charge in [0.2, 0.25) is 5.95 Å². The molecule has 0 aliphatic carbocycles. The maximum absolute atomic E-state index is 4.39. The highest BCUT2D eigenvalue weighted by atomic mass is 15.1. The molecule has 1 rings (SSSR count). The van der Waals surface area contributed by atoms with Gasteiger partial charge in [-0.1, -0.05) is 0 Å². The molecule has 0 aliphatic rings. The molecule has 0 saturated heterocycles. The van der Waals surface area contributed by atoms with Crippen LogP contribution in [0, 0.1) is 0 Å². The standard InChI is InChI=1S/C10H18N4/c1-8(2)12-10-11-6-5-9(13-10)7-14(3)4/h5-6,8H,7H2,1-4H3,(H,11,12,13). The van der Waals surface area contributed by atoms with Crippen LogP contribution in [0.25, 0.3) is 0 Å². The molecule has 78 valence electrons. The van der Waals surface area contributed by atoms with Crippen LogP contribution >= 0.6 is 0 Å². The number of nitrogens with one attached hydrogen (secondary N) is 1. The third-order valence-corrected chi connectivity index (χ3v) is 1.61. The Morgan fingerprint density at radius 2 is 2.14 bits per heavy atom. The number of aromatic nitrogens is 2. The molecule has 1 N–H and O–H groups in total. The quantitative estimate of drug-likeness (QED) is 0.785. The molecular weight excluding hydrogens is 176 g/mol. The van der Waals surface area contributed by atoms with E-state index in [0.717, 1.165) is 12.2 Å². The monoisotopic (exact) mass is 194 g/mol. The molecule has 0 fully saturated rings. The van der Waals surface area contributed by atoms with E-state index in [0.29, 0.717) is 12.0 Å². The van der Waals surface area contributed by atoms with E-state index in [-0.39, 0.29) is 0 Å². The maximum atomic E-state index is 4.39. The highest BCUT2D eigenvalue weighted by Crippen LogP contribution is 2.03. The minimum atomic E-state index is 0.365. The van der Waals surface area contributed by atoms with E-state index in [1.165, 1.54) is 0 Å². The van der Waals surface area contributed by atoms with Crippen LogP contribution in [0.4, 0.5) is 5.95 Å². The van der Waals surface area contributed by atoms with Crippen LogP contribution in [0.1, 0.15) is 19.5 Å². The molecule has 0 unspecified atom stereocenters. The molecule has 1 heterocycles.